The quantitative estimate of drug-likeness (QED) is 0.740. The van der Waals surface area contributed by atoms with Crippen LogP contribution in [0.1, 0.15) is 24.1 Å². The van der Waals surface area contributed by atoms with E-state index in [1.54, 1.807) is 7.11 Å². The van der Waals surface area contributed by atoms with Crippen molar-refractivity contribution < 1.29 is 4.74 Å². The number of hydrogen-bond donors (Lipinski definition) is 2. The maximum absolute atomic E-state index is 5.19. The van der Waals surface area contributed by atoms with Crippen molar-refractivity contribution in [1.82, 2.24) is 10.3 Å². The number of ether oxygens (including phenoxy) is 1. The molecule has 0 saturated carbocycles. The highest BCUT2D eigenvalue weighted by Crippen LogP contribution is 2.20. The van der Waals surface area contributed by atoms with Crippen molar-refractivity contribution in [1.29, 1.82) is 0 Å². The molecule has 0 aliphatic heterocycles. The molecule has 1 aromatic heterocycles. The fourth-order valence-corrected chi connectivity index (χ4v) is 2.55. The van der Waals surface area contributed by atoms with Crippen molar-refractivity contribution in [3.8, 4) is 5.75 Å². The van der Waals surface area contributed by atoms with Crippen molar-refractivity contribution in [3.63, 3.8) is 0 Å². The lowest BCUT2D eigenvalue weighted by Crippen LogP contribution is -2.17. The molecule has 0 spiro atoms. The fraction of sp³-hybridized carbons (Fsp3) is 0.222. The molecular weight excluding hydrogens is 260 g/mol. The summed E-state index contributed by atoms with van der Waals surface area (Å²) in [5.74, 6) is 0.891. The van der Waals surface area contributed by atoms with Crippen LogP contribution in [0.3, 0.4) is 0 Å². The van der Waals surface area contributed by atoms with Crippen LogP contribution in [0.2, 0.25) is 0 Å². The zero-order valence-corrected chi connectivity index (χ0v) is 12.4. The van der Waals surface area contributed by atoms with Crippen LogP contribution in [0, 0.1) is 0 Å². The lowest BCUT2D eigenvalue weighted by Gasteiger charge is -2.14. The SMILES string of the molecule is COc1ccc([C@H](C)NCc2c[nH]c3ccccc23)cc1. The molecule has 0 aliphatic rings. The first-order chi connectivity index (χ1) is 10.3. The average Bonchev–Trinajstić information content (AvgIpc) is 2.96. The highest BCUT2D eigenvalue weighted by Gasteiger charge is 2.07. The number of nitrogens with one attached hydrogen (secondary N) is 2. The van der Waals surface area contributed by atoms with Gasteiger partial charge in [0.05, 0.1) is 7.11 Å². The molecule has 0 saturated heterocycles. The maximum Gasteiger partial charge on any atom is 0.118 e. The molecule has 108 valence electrons. The molecule has 3 rings (SSSR count). The molecule has 1 atom stereocenters. The molecule has 2 aromatic carbocycles. The minimum Gasteiger partial charge on any atom is -0.497 e. The number of benzene rings is 2. The Morgan fingerprint density at radius 2 is 1.86 bits per heavy atom. The van der Waals surface area contributed by atoms with Gasteiger partial charge in [0.1, 0.15) is 5.75 Å². The number of aromatic amines is 1. The summed E-state index contributed by atoms with van der Waals surface area (Å²) in [4.78, 5) is 3.31. The first-order valence-electron chi connectivity index (χ1n) is 7.20. The summed E-state index contributed by atoms with van der Waals surface area (Å²) < 4.78 is 5.19. The summed E-state index contributed by atoms with van der Waals surface area (Å²) in [5, 5.41) is 4.85. The summed E-state index contributed by atoms with van der Waals surface area (Å²) in [7, 11) is 1.69. The van der Waals surface area contributed by atoms with Crippen LogP contribution in [0.15, 0.2) is 54.7 Å². The number of rotatable bonds is 5. The second-order valence-corrected chi connectivity index (χ2v) is 5.24. The number of H-pyrrole nitrogens is 1. The third-order valence-corrected chi connectivity index (χ3v) is 3.89. The molecule has 0 aliphatic carbocycles. The number of aromatic nitrogens is 1. The first-order valence-corrected chi connectivity index (χ1v) is 7.20. The normalized spacial score (nSPS) is 12.5. The molecular formula is C18H20N2O. The zero-order valence-electron chi connectivity index (χ0n) is 12.4. The van der Waals surface area contributed by atoms with Gasteiger partial charge in [-0.25, -0.2) is 0 Å². The molecule has 0 bridgehead atoms. The van der Waals surface area contributed by atoms with Crippen LogP contribution in [0.5, 0.6) is 5.75 Å². The summed E-state index contributed by atoms with van der Waals surface area (Å²) in [5.41, 5.74) is 3.74. The first kappa shape index (κ1) is 13.7. The number of methoxy groups -OCH3 is 1. The molecule has 0 amide bonds. The van der Waals surface area contributed by atoms with Crippen molar-refractivity contribution >= 4 is 10.9 Å². The van der Waals surface area contributed by atoms with E-state index in [-0.39, 0.29) is 0 Å². The Morgan fingerprint density at radius 3 is 2.62 bits per heavy atom. The monoisotopic (exact) mass is 280 g/mol. The van der Waals surface area contributed by atoms with Gasteiger partial charge < -0.3 is 15.0 Å². The van der Waals surface area contributed by atoms with Gasteiger partial charge in [0.25, 0.3) is 0 Å². The van der Waals surface area contributed by atoms with Gasteiger partial charge in [-0.3, -0.25) is 0 Å². The number of hydrogen-bond acceptors (Lipinski definition) is 2. The third-order valence-electron chi connectivity index (χ3n) is 3.89. The average molecular weight is 280 g/mol. The van der Waals surface area contributed by atoms with Gasteiger partial charge in [-0.05, 0) is 36.2 Å². The van der Waals surface area contributed by atoms with Crippen LogP contribution >= 0.6 is 0 Å². The van der Waals surface area contributed by atoms with Crippen molar-refractivity contribution in [2.75, 3.05) is 7.11 Å². The highest BCUT2D eigenvalue weighted by molar-refractivity contribution is 5.82. The Hall–Kier alpha value is -2.26. The van der Waals surface area contributed by atoms with E-state index >= 15 is 0 Å². The maximum atomic E-state index is 5.19. The predicted octanol–water partition coefficient (Wildman–Crippen LogP) is 4.03. The smallest absolute Gasteiger partial charge is 0.118 e. The van der Waals surface area contributed by atoms with Gasteiger partial charge in [0.2, 0.25) is 0 Å². The molecule has 21 heavy (non-hydrogen) atoms. The fourth-order valence-electron chi connectivity index (χ4n) is 2.55. The van der Waals surface area contributed by atoms with Crippen molar-refractivity contribution in [2.24, 2.45) is 0 Å². The van der Waals surface area contributed by atoms with Crippen LogP contribution < -0.4 is 10.1 Å². The second kappa shape index (κ2) is 6.02. The Kier molecular flexibility index (Phi) is 3.93. The Labute approximate surface area is 125 Å². The molecule has 3 nitrogen and oxygen atoms in total. The molecule has 0 fully saturated rings. The molecule has 1 heterocycles. The highest BCUT2D eigenvalue weighted by atomic mass is 16.5. The summed E-state index contributed by atoms with van der Waals surface area (Å²) in [6.45, 7) is 3.02. The third kappa shape index (κ3) is 2.93. The van der Waals surface area contributed by atoms with Gasteiger partial charge in [-0.2, -0.15) is 0 Å². The standard InChI is InChI=1S/C18H20N2O/c1-13(14-7-9-16(21-2)10-8-14)19-11-15-12-20-18-6-4-3-5-17(15)18/h3-10,12-13,19-20H,11H2,1-2H3/t13-/m0/s1. The minimum absolute atomic E-state index is 0.296. The Morgan fingerprint density at radius 1 is 1.10 bits per heavy atom. The lowest BCUT2D eigenvalue weighted by atomic mass is 10.1. The molecule has 0 unspecified atom stereocenters. The topological polar surface area (TPSA) is 37.0 Å². The van der Waals surface area contributed by atoms with E-state index in [1.165, 1.54) is 22.0 Å². The van der Waals surface area contributed by atoms with Gasteiger partial charge in [0, 0.05) is 29.7 Å². The summed E-state index contributed by atoms with van der Waals surface area (Å²) in [6, 6.07) is 16.9. The van der Waals surface area contributed by atoms with Crippen LogP contribution in [-0.2, 0) is 6.54 Å². The van der Waals surface area contributed by atoms with Crippen LogP contribution in [-0.4, -0.2) is 12.1 Å². The van der Waals surface area contributed by atoms with E-state index in [4.69, 9.17) is 4.74 Å². The molecule has 3 heteroatoms. The van der Waals surface area contributed by atoms with E-state index in [1.807, 2.05) is 12.1 Å². The van der Waals surface area contributed by atoms with Gasteiger partial charge in [-0.15, -0.1) is 0 Å². The van der Waals surface area contributed by atoms with Gasteiger partial charge in [-0.1, -0.05) is 30.3 Å². The van der Waals surface area contributed by atoms with Crippen molar-refractivity contribution in [2.45, 2.75) is 19.5 Å². The minimum atomic E-state index is 0.296. The Bertz CT molecular complexity index is 715. The second-order valence-electron chi connectivity index (χ2n) is 5.24. The summed E-state index contributed by atoms with van der Waals surface area (Å²) >= 11 is 0. The largest absolute Gasteiger partial charge is 0.497 e. The van der Waals surface area contributed by atoms with E-state index in [9.17, 15) is 0 Å². The lowest BCUT2D eigenvalue weighted by molar-refractivity contribution is 0.414. The zero-order chi connectivity index (χ0) is 14.7. The number of fused-ring (bicyclic) bond motifs is 1. The Balaban J connectivity index is 1.68. The van der Waals surface area contributed by atoms with E-state index < -0.39 is 0 Å². The molecule has 2 N–H and O–H groups in total. The van der Waals surface area contributed by atoms with E-state index in [0.717, 1.165) is 12.3 Å². The van der Waals surface area contributed by atoms with Crippen LogP contribution in [0.25, 0.3) is 10.9 Å². The molecule has 0 radical (unpaired) electrons. The number of para-hydroxylation sites is 1. The van der Waals surface area contributed by atoms with Gasteiger partial charge >= 0.3 is 0 Å². The van der Waals surface area contributed by atoms with Crippen LogP contribution in [0.4, 0.5) is 0 Å². The predicted molar refractivity (Wildman–Crippen MR) is 86.5 cm³/mol. The van der Waals surface area contributed by atoms with Gasteiger partial charge in [0.15, 0.2) is 0 Å². The van der Waals surface area contributed by atoms with Crippen molar-refractivity contribution in [3.05, 3.63) is 65.9 Å². The summed E-state index contributed by atoms with van der Waals surface area (Å²) in [6.07, 6.45) is 2.08. The van der Waals surface area contributed by atoms with E-state index in [0.29, 0.717) is 6.04 Å². The van der Waals surface area contributed by atoms with E-state index in [2.05, 4.69) is 59.8 Å². The molecule has 3 aromatic rings.